The van der Waals surface area contributed by atoms with Crippen molar-refractivity contribution >= 4 is 11.9 Å². The lowest BCUT2D eigenvalue weighted by Gasteiger charge is -2.23. The van der Waals surface area contributed by atoms with Gasteiger partial charge in [0.25, 0.3) is 0 Å². The Morgan fingerprint density at radius 1 is 1.30 bits per heavy atom. The molecule has 1 amide bonds. The van der Waals surface area contributed by atoms with E-state index in [4.69, 9.17) is 9.84 Å². The average Bonchev–Trinajstić information content (AvgIpc) is 2.46. The molecule has 0 bridgehead atoms. The number of amides is 1. The predicted octanol–water partition coefficient (Wildman–Crippen LogP) is 1.61. The first kappa shape index (κ1) is 14.5. The van der Waals surface area contributed by atoms with Crippen molar-refractivity contribution in [1.29, 1.82) is 0 Å². The third kappa shape index (κ3) is 4.35. The van der Waals surface area contributed by atoms with E-state index in [0.29, 0.717) is 19.4 Å². The standard InChI is InChI=1S/C15H19NO4/c17-14(16-13-2-1-9-20-10-13)8-5-11-3-6-12(7-4-11)15(18)19/h3-4,6-7,13H,1-2,5,8-10H2,(H,16,17)(H,18,19)/t13-/m1/s1. The highest BCUT2D eigenvalue weighted by Crippen LogP contribution is 2.09. The van der Waals surface area contributed by atoms with Crippen molar-refractivity contribution < 1.29 is 19.4 Å². The fourth-order valence-corrected chi connectivity index (χ4v) is 2.23. The molecule has 1 aromatic carbocycles. The predicted molar refractivity (Wildman–Crippen MR) is 73.7 cm³/mol. The monoisotopic (exact) mass is 277 g/mol. The van der Waals surface area contributed by atoms with Crippen LogP contribution in [0.2, 0.25) is 0 Å². The fourth-order valence-electron chi connectivity index (χ4n) is 2.23. The first-order chi connectivity index (χ1) is 9.65. The normalized spacial score (nSPS) is 18.5. The van der Waals surface area contributed by atoms with E-state index in [0.717, 1.165) is 25.0 Å². The van der Waals surface area contributed by atoms with Gasteiger partial charge in [0.05, 0.1) is 18.2 Å². The molecule has 1 atom stereocenters. The molecule has 1 saturated heterocycles. The molecule has 0 unspecified atom stereocenters. The van der Waals surface area contributed by atoms with E-state index in [1.807, 2.05) is 0 Å². The Labute approximate surface area is 117 Å². The third-order valence-corrected chi connectivity index (χ3v) is 3.37. The van der Waals surface area contributed by atoms with Gasteiger partial charge in [0.1, 0.15) is 0 Å². The second-order valence-corrected chi connectivity index (χ2v) is 4.98. The van der Waals surface area contributed by atoms with Crippen molar-refractivity contribution in [2.45, 2.75) is 31.7 Å². The molecule has 0 aromatic heterocycles. The van der Waals surface area contributed by atoms with E-state index in [2.05, 4.69) is 5.32 Å². The summed E-state index contributed by atoms with van der Waals surface area (Å²) < 4.78 is 5.31. The third-order valence-electron chi connectivity index (χ3n) is 3.37. The number of hydrogen-bond donors (Lipinski definition) is 2. The highest BCUT2D eigenvalue weighted by molar-refractivity contribution is 5.87. The van der Waals surface area contributed by atoms with Gasteiger partial charge in [-0.3, -0.25) is 4.79 Å². The minimum atomic E-state index is -0.938. The van der Waals surface area contributed by atoms with Crippen LogP contribution >= 0.6 is 0 Å². The number of carbonyl (C=O) groups excluding carboxylic acids is 1. The molecule has 1 fully saturated rings. The van der Waals surface area contributed by atoms with Crippen LogP contribution in [-0.4, -0.2) is 36.2 Å². The lowest BCUT2D eigenvalue weighted by molar-refractivity contribution is -0.122. The van der Waals surface area contributed by atoms with Gasteiger partial charge in [-0.05, 0) is 37.0 Å². The molecule has 20 heavy (non-hydrogen) atoms. The van der Waals surface area contributed by atoms with Gasteiger partial charge in [0.15, 0.2) is 0 Å². The topological polar surface area (TPSA) is 75.6 Å². The minimum absolute atomic E-state index is 0.0165. The first-order valence-electron chi connectivity index (χ1n) is 6.84. The van der Waals surface area contributed by atoms with Crippen LogP contribution < -0.4 is 5.32 Å². The van der Waals surface area contributed by atoms with E-state index < -0.39 is 5.97 Å². The summed E-state index contributed by atoms with van der Waals surface area (Å²) in [6, 6.07) is 6.75. The number of rotatable bonds is 5. The second kappa shape index (κ2) is 7.05. The molecule has 1 aromatic rings. The molecule has 1 aliphatic heterocycles. The number of carboxylic acids is 1. The van der Waals surface area contributed by atoms with Crippen molar-refractivity contribution in [2.24, 2.45) is 0 Å². The molecule has 5 heteroatoms. The van der Waals surface area contributed by atoms with E-state index >= 15 is 0 Å². The molecular weight excluding hydrogens is 258 g/mol. The van der Waals surface area contributed by atoms with Crippen molar-refractivity contribution in [1.82, 2.24) is 5.32 Å². The number of hydrogen-bond acceptors (Lipinski definition) is 3. The summed E-state index contributed by atoms with van der Waals surface area (Å²) in [5.41, 5.74) is 1.22. The Hall–Kier alpha value is -1.88. The van der Waals surface area contributed by atoms with Gasteiger partial charge in [0.2, 0.25) is 5.91 Å². The number of aryl methyl sites for hydroxylation is 1. The molecule has 0 saturated carbocycles. The second-order valence-electron chi connectivity index (χ2n) is 4.98. The zero-order valence-corrected chi connectivity index (χ0v) is 11.3. The maximum Gasteiger partial charge on any atom is 0.335 e. The molecular formula is C15H19NO4. The Morgan fingerprint density at radius 2 is 2.05 bits per heavy atom. The molecule has 5 nitrogen and oxygen atoms in total. The number of ether oxygens (including phenoxy) is 1. The molecule has 2 rings (SSSR count). The Kier molecular flexibility index (Phi) is 5.12. The molecule has 1 heterocycles. The smallest absolute Gasteiger partial charge is 0.335 e. The Morgan fingerprint density at radius 3 is 2.65 bits per heavy atom. The summed E-state index contributed by atoms with van der Waals surface area (Å²) in [5.74, 6) is -0.922. The van der Waals surface area contributed by atoms with Crippen LogP contribution in [0.25, 0.3) is 0 Å². The number of aromatic carboxylic acids is 1. The quantitative estimate of drug-likeness (QED) is 0.857. The summed E-state index contributed by atoms with van der Waals surface area (Å²) in [4.78, 5) is 22.5. The highest BCUT2D eigenvalue weighted by Gasteiger charge is 2.15. The number of nitrogens with one attached hydrogen (secondary N) is 1. The van der Waals surface area contributed by atoms with Gasteiger partial charge < -0.3 is 15.2 Å². The van der Waals surface area contributed by atoms with Gasteiger partial charge >= 0.3 is 5.97 Å². The SMILES string of the molecule is O=C(CCc1ccc(C(=O)O)cc1)N[C@@H]1CCCOC1. The summed E-state index contributed by atoms with van der Waals surface area (Å²) in [6.07, 6.45) is 2.98. The molecule has 108 valence electrons. The van der Waals surface area contributed by atoms with Crippen molar-refractivity contribution in [2.75, 3.05) is 13.2 Å². The van der Waals surface area contributed by atoms with Gasteiger partial charge in [-0.2, -0.15) is 0 Å². The van der Waals surface area contributed by atoms with Crippen LogP contribution in [-0.2, 0) is 16.0 Å². The zero-order chi connectivity index (χ0) is 14.4. The molecule has 1 aliphatic rings. The van der Waals surface area contributed by atoms with E-state index in [1.165, 1.54) is 0 Å². The molecule has 2 N–H and O–H groups in total. The van der Waals surface area contributed by atoms with Gasteiger partial charge in [-0.15, -0.1) is 0 Å². The molecule has 0 radical (unpaired) electrons. The van der Waals surface area contributed by atoms with Crippen molar-refractivity contribution in [3.8, 4) is 0 Å². The van der Waals surface area contributed by atoms with Gasteiger partial charge in [0, 0.05) is 13.0 Å². The number of benzene rings is 1. The summed E-state index contributed by atoms with van der Waals surface area (Å²) in [6.45, 7) is 1.38. The van der Waals surface area contributed by atoms with Gasteiger partial charge in [-0.25, -0.2) is 4.79 Å². The van der Waals surface area contributed by atoms with E-state index in [-0.39, 0.29) is 17.5 Å². The van der Waals surface area contributed by atoms with E-state index in [9.17, 15) is 9.59 Å². The van der Waals surface area contributed by atoms with Crippen molar-refractivity contribution in [3.63, 3.8) is 0 Å². The lowest BCUT2D eigenvalue weighted by Crippen LogP contribution is -2.40. The summed E-state index contributed by atoms with van der Waals surface area (Å²) in [7, 11) is 0. The zero-order valence-electron chi connectivity index (χ0n) is 11.3. The molecule has 0 spiro atoms. The van der Waals surface area contributed by atoms with Crippen molar-refractivity contribution in [3.05, 3.63) is 35.4 Å². The summed E-state index contributed by atoms with van der Waals surface area (Å²) >= 11 is 0. The number of carboxylic acid groups (broad SMARTS) is 1. The highest BCUT2D eigenvalue weighted by atomic mass is 16.5. The van der Waals surface area contributed by atoms with Crippen LogP contribution in [0, 0.1) is 0 Å². The van der Waals surface area contributed by atoms with Crippen LogP contribution in [0.15, 0.2) is 24.3 Å². The summed E-state index contributed by atoms with van der Waals surface area (Å²) in [5, 5.41) is 11.8. The fraction of sp³-hybridized carbons (Fsp3) is 0.467. The maximum absolute atomic E-state index is 11.8. The van der Waals surface area contributed by atoms with Crippen LogP contribution in [0.1, 0.15) is 35.2 Å². The van der Waals surface area contributed by atoms with Crippen LogP contribution in [0.5, 0.6) is 0 Å². The average molecular weight is 277 g/mol. The van der Waals surface area contributed by atoms with Crippen LogP contribution in [0.4, 0.5) is 0 Å². The minimum Gasteiger partial charge on any atom is -0.478 e. The first-order valence-corrected chi connectivity index (χ1v) is 6.84. The maximum atomic E-state index is 11.8. The largest absolute Gasteiger partial charge is 0.478 e. The van der Waals surface area contributed by atoms with Crippen LogP contribution in [0.3, 0.4) is 0 Å². The Balaban J connectivity index is 1.76. The molecule has 0 aliphatic carbocycles. The number of carbonyl (C=O) groups is 2. The lowest BCUT2D eigenvalue weighted by atomic mass is 10.1. The van der Waals surface area contributed by atoms with Gasteiger partial charge in [-0.1, -0.05) is 12.1 Å². The Bertz CT molecular complexity index is 463. The van der Waals surface area contributed by atoms with E-state index in [1.54, 1.807) is 24.3 Å².